The molecule has 0 aliphatic rings. The maximum absolute atomic E-state index is 12.7. The zero-order valence-corrected chi connectivity index (χ0v) is 12.8. The topological polar surface area (TPSA) is 49.8 Å². The van der Waals surface area contributed by atoms with Crippen molar-refractivity contribution in [1.82, 2.24) is 9.97 Å². The van der Waals surface area contributed by atoms with Crippen LogP contribution in [-0.2, 0) is 6.18 Å². The van der Waals surface area contributed by atoms with Gasteiger partial charge in [-0.1, -0.05) is 0 Å². The summed E-state index contributed by atoms with van der Waals surface area (Å²) in [6.07, 6.45) is -4.39. The first kappa shape index (κ1) is 15.6. The average Bonchev–Trinajstić information content (AvgIpc) is 2.39. The Labute approximate surface area is 127 Å². The van der Waals surface area contributed by atoms with Gasteiger partial charge in [-0.05, 0) is 41.1 Å². The fourth-order valence-corrected chi connectivity index (χ4v) is 2.04. The predicted molar refractivity (Wildman–Crippen MR) is 78.7 cm³/mol. The Kier molecular flexibility index (Phi) is 4.36. The van der Waals surface area contributed by atoms with Crippen molar-refractivity contribution in [3.05, 3.63) is 40.1 Å². The van der Waals surface area contributed by atoms with Gasteiger partial charge in [0.1, 0.15) is 17.5 Å². The van der Waals surface area contributed by atoms with Gasteiger partial charge < -0.3 is 10.6 Å². The molecule has 1 heterocycles. The molecular formula is C13H12BrF3N4. The fourth-order valence-electron chi connectivity index (χ4n) is 1.70. The Bertz CT molecular complexity index is 658. The number of aromatic nitrogens is 2. The lowest BCUT2D eigenvalue weighted by Crippen LogP contribution is -2.06. The Morgan fingerprint density at radius 1 is 1.10 bits per heavy atom. The van der Waals surface area contributed by atoms with Gasteiger partial charge in [0.15, 0.2) is 0 Å². The smallest absolute Gasteiger partial charge is 0.373 e. The summed E-state index contributed by atoms with van der Waals surface area (Å²) in [6, 6.07) is 5.00. The Balaban J connectivity index is 2.37. The lowest BCUT2D eigenvalue weighted by Gasteiger charge is -2.13. The van der Waals surface area contributed by atoms with E-state index in [1.807, 2.05) is 0 Å². The lowest BCUT2D eigenvalue weighted by molar-refractivity contribution is -0.137. The number of rotatable bonds is 3. The number of nitrogens with one attached hydrogen (secondary N) is 2. The molecule has 112 valence electrons. The largest absolute Gasteiger partial charge is 0.416 e. The van der Waals surface area contributed by atoms with Crippen molar-refractivity contribution < 1.29 is 13.2 Å². The van der Waals surface area contributed by atoms with Crippen molar-refractivity contribution in [3.63, 3.8) is 0 Å². The van der Waals surface area contributed by atoms with Gasteiger partial charge in [-0.15, -0.1) is 0 Å². The van der Waals surface area contributed by atoms with Crippen molar-refractivity contribution in [3.8, 4) is 0 Å². The molecule has 0 radical (unpaired) electrons. The molecule has 0 aliphatic heterocycles. The van der Waals surface area contributed by atoms with E-state index >= 15 is 0 Å². The van der Waals surface area contributed by atoms with E-state index in [1.54, 1.807) is 20.0 Å². The third-order valence-corrected chi connectivity index (χ3v) is 3.34. The monoisotopic (exact) mass is 360 g/mol. The molecule has 1 aromatic carbocycles. The Hall–Kier alpha value is -1.83. The van der Waals surface area contributed by atoms with Gasteiger partial charge in [0.2, 0.25) is 0 Å². The summed E-state index contributed by atoms with van der Waals surface area (Å²) in [5, 5.41) is 5.72. The molecular weight excluding hydrogens is 349 g/mol. The molecule has 0 saturated carbocycles. The fraction of sp³-hybridized carbons (Fsp3) is 0.231. The summed E-state index contributed by atoms with van der Waals surface area (Å²) < 4.78 is 38.7. The first-order valence-corrected chi connectivity index (χ1v) is 6.76. The molecule has 2 N–H and O–H groups in total. The first-order valence-electron chi connectivity index (χ1n) is 5.97. The van der Waals surface area contributed by atoms with Crippen LogP contribution in [0.3, 0.4) is 0 Å². The van der Waals surface area contributed by atoms with Crippen LogP contribution in [-0.4, -0.2) is 17.0 Å². The summed E-state index contributed by atoms with van der Waals surface area (Å²) in [5.74, 6) is 1.49. The molecule has 4 nitrogen and oxygen atoms in total. The van der Waals surface area contributed by atoms with E-state index in [1.165, 1.54) is 6.07 Å². The summed E-state index contributed by atoms with van der Waals surface area (Å²) in [4.78, 5) is 8.26. The summed E-state index contributed by atoms with van der Waals surface area (Å²) in [5.41, 5.74) is -0.446. The number of benzene rings is 1. The Morgan fingerprint density at radius 2 is 1.76 bits per heavy atom. The number of alkyl halides is 3. The number of halogens is 4. The van der Waals surface area contributed by atoms with E-state index in [4.69, 9.17) is 0 Å². The van der Waals surface area contributed by atoms with E-state index < -0.39 is 11.7 Å². The second kappa shape index (κ2) is 5.88. The second-order valence-corrected chi connectivity index (χ2v) is 5.11. The number of anilines is 3. The van der Waals surface area contributed by atoms with Crippen LogP contribution in [0.2, 0.25) is 0 Å². The summed E-state index contributed by atoms with van der Waals surface area (Å²) >= 11 is 3.22. The minimum Gasteiger partial charge on any atom is -0.373 e. The van der Waals surface area contributed by atoms with Crippen molar-refractivity contribution in [2.75, 3.05) is 17.7 Å². The minimum atomic E-state index is -4.39. The molecule has 0 aliphatic carbocycles. The zero-order chi connectivity index (χ0) is 15.6. The van der Waals surface area contributed by atoms with E-state index in [9.17, 15) is 13.2 Å². The lowest BCUT2D eigenvalue weighted by atomic mass is 10.2. The number of nitrogens with zero attached hydrogens (tertiary/aromatic N) is 2. The first-order chi connectivity index (χ1) is 9.79. The quantitative estimate of drug-likeness (QED) is 0.854. The zero-order valence-electron chi connectivity index (χ0n) is 11.2. The molecule has 0 saturated heterocycles. The minimum absolute atomic E-state index is 0.282. The van der Waals surface area contributed by atoms with Crippen LogP contribution in [0, 0.1) is 6.92 Å². The number of hydrogen-bond acceptors (Lipinski definition) is 4. The van der Waals surface area contributed by atoms with E-state index in [2.05, 4.69) is 36.5 Å². The maximum atomic E-state index is 12.7. The highest BCUT2D eigenvalue weighted by Crippen LogP contribution is 2.35. The van der Waals surface area contributed by atoms with Crippen LogP contribution in [0.25, 0.3) is 0 Å². The highest BCUT2D eigenvalue weighted by Gasteiger charge is 2.30. The van der Waals surface area contributed by atoms with E-state index in [0.717, 1.165) is 12.1 Å². The van der Waals surface area contributed by atoms with Crippen LogP contribution >= 0.6 is 15.9 Å². The molecule has 0 fully saturated rings. The van der Waals surface area contributed by atoms with Gasteiger partial charge >= 0.3 is 6.18 Å². The van der Waals surface area contributed by atoms with E-state index in [0.29, 0.717) is 21.9 Å². The van der Waals surface area contributed by atoms with Gasteiger partial charge in [-0.25, -0.2) is 9.97 Å². The highest BCUT2D eigenvalue weighted by atomic mass is 79.9. The van der Waals surface area contributed by atoms with Crippen molar-refractivity contribution in [1.29, 1.82) is 0 Å². The van der Waals surface area contributed by atoms with Crippen LogP contribution in [0.4, 0.5) is 30.5 Å². The molecule has 0 amide bonds. The van der Waals surface area contributed by atoms with Crippen molar-refractivity contribution in [2.45, 2.75) is 13.1 Å². The second-order valence-electron chi connectivity index (χ2n) is 4.25. The van der Waals surface area contributed by atoms with Crippen molar-refractivity contribution >= 4 is 33.3 Å². The maximum Gasteiger partial charge on any atom is 0.416 e. The Morgan fingerprint density at radius 3 is 2.38 bits per heavy atom. The summed E-state index contributed by atoms with van der Waals surface area (Å²) in [7, 11) is 1.70. The normalized spacial score (nSPS) is 11.3. The summed E-state index contributed by atoms with van der Waals surface area (Å²) in [6.45, 7) is 1.70. The van der Waals surface area contributed by atoms with Gasteiger partial charge in [-0.3, -0.25) is 0 Å². The van der Waals surface area contributed by atoms with Gasteiger partial charge in [0.25, 0.3) is 0 Å². The third-order valence-electron chi connectivity index (χ3n) is 2.65. The van der Waals surface area contributed by atoms with Gasteiger partial charge in [0.05, 0.1) is 11.3 Å². The molecule has 8 heteroatoms. The standard InChI is InChI=1S/C13H12BrF3N4/c1-7-19-11(18-2)6-12(20-7)21-10-5-8(13(15,16)17)3-4-9(10)14/h3-6H,1-2H3,(H2,18,19,20,21). The molecule has 2 rings (SSSR count). The molecule has 1 aromatic heterocycles. The average molecular weight is 361 g/mol. The molecule has 21 heavy (non-hydrogen) atoms. The van der Waals surface area contributed by atoms with Crippen LogP contribution in [0.5, 0.6) is 0 Å². The molecule has 0 atom stereocenters. The van der Waals surface area contributed by atoms with Crippen LogP contribution in [0.1, 0.15) is 11.4 Å². The highest BCUT2D eigenvalue weighted by molar-refractivity contribution is 9.10. The molecule has 0 bridgehead atoms. The molecule has 2 aromatic rings. The van der Waals surface area contributed by atoms with Gasteiger partial charge in [0, 0.05) is 17.6 Å². The molecule has 0 unspecified atom stereocenters. The third kappa shape index (κ3) is 3.84. The number of aryl methyl sites for hydroxylation is 1. The number of hydrogen-bond donors (Lipinski definition) is 2. The van der Waals surface area contributed by atoms with Crippen LogP contribution < -0.4 is 10.6 Å². The SMILES string of the molecule is CNc1cc(Nc2cc(C(F)(F)F)ccc2Br)nc(C)n1. The van der Waals surface area contributed by atoms with Gasteiger partial charge in [-0.2, -0.15) is 13.2 Å². The molecule has 0 spiro atoms. The predicted octanol–water partition coefficient (Wildman–Crippen LogP) is 4.35. The van der Waals surface area contributed by atoms with E-state index in [-0.39, 0.29) is 5.69 Å². The van der Waals surface area contributed by atoms with Crippen molar-refractivity contribution in [2.24, 2.45) is 0 Å². The van der Waals surface area contributed by atoms with Crippen LogP contribution in [0.15, 0.2) is 28.7 Å².